The Kier molecular flexibility index (Phi) is 5.59. The quantitative estimate of drug-likeness (QED) is 0.279. The number of carbonyl (C=O) groups excluding carboxylic acids is 2. The van der Waals surface area contributed by atoms with E-state index >= 15 is 0 Å². The van der Waals surface area contributed by atoms with Crippen LogP contribution in [0.4, 0.5) is 10.1 Å². The Hall–Kier alpha value is -3.79. The second-order valence-electron chi connectivity index (χ2n) is 9.58. The van der Waals surface area contributed by atoms with Gasteiger partial charge in [0.15, 0.2) is 5.69 Å². The summed E-state index contributed by atoms with van der Waals surface area (Å²) in [5, 5.41) is 19.9. The van der Waals surface area contributed by atoms with Crippen LogP contribution in [0.3, 0.4) is 0 Å². The minimum absolute atomic E-state index is 0.00432. The number of rotatable bonds is 3. The molecule has 0 radical (unpaired) electrons. The van der Waals surface area contributed by atoms with Gasteiger partial charge in [-0.25, -0.2) is 9.18 Å². The Balaban J connectivity index is 1.66. The van der Waals surface area contributed by atoms with Crippen LogP contribution >= 0.6 is 11.8 Å². The highest BCUT2D eigenvalue weighted by atomic mass is 32.2. The number of amides is 1. The van der Waals surface area contributed by atoms with Crippen molar-refractivity contribution in [2.45, 2.75) is 38.1 Å². The van der Waals surface area contributed by atoms with E-state index in [1.165, 1.54) is 19.2 Å². The zero-order chi connectivity index (χ0) is 25.8. The number of azo groups is 1. The topological polar surface area (TPSA) is 106 Å². The van der Waals surface area contributed by atoms with Gasteiger partial charge in [-0.1, -0.05) is 37.3 Å². The summed E-state index contributed by atoms with van der Waals surface area (Å²) in [6.07, 6.45) is 1.63. The maximum atomic E-state index is 15.0. The van der Waals surface area contributed by atoms with Crippen molar-refractivity contribution in [3.8, 4) is 5.88 Å². The number of aromatic hydroxyl groups is 1. The monoisotopic (exact) mass is 506 g/mol. The normalized spacial score (nSPS) is 22.0. The predicted octanol–water partition coefficient (Wildman–Crippen LogP) is 5.70. The second kappa shape index (κ2) is 8.41. The lowest BCUT2D eigenvalue weighted by atomic mass is 9.66. The van der Waals surface area contributed by atoms with Gasteiger partial charge in [0.25, 0.3) is 5.91 Å². The smallest absolute Gasteiger partial charge is 0.331 e. The van der Waals surface area contributed by atoms with Crippen LogP contribution in [0.25, 0.3) is 10.9 Å². The third-order valence-electron chi connectivity index (χ3n) is 6.67. The zero-order valence-corrected chi connectivity index (χ0v) is 20.9. The number of aliphatic imine (C=N–C) groups is 1. The first-order chi connectivity index (χ1) is 17.0. The molecule has 0 bridgehead atoms. The number of hydrogen-bond acceptors (Lipinski definition) is 7. The van der Waals surface area contributed by atoms with Crippen LogP contribution in [-0.2, 0) is 25.3 Å². The van der Waals surface area contributed by atoms with Gasteiger partial charge in [0.1, 0.15) is 5.82 Å². The number of methoxy groups -OCH3 is 1. The highest BCUT2D eigenvalue weighted by molar-refractivity contribution is 8.18. The number of esters is 1. The Morgan fingerprint density at radius 2 is 1.94 bits per heavy atom. The molecule has 0 aliphatic carbocycles. The summed E-state index contributed by atoms with van der Waals surface area (Å²) in [4.78, 5) is 27.4. The largest absolute Gasteiger partial charge is 0.493 e. The second-order valence-corrected chi connectivity index (χ2v) is 10.6. The van der Waals surface area contributed by atoms with Crippen LogP contribution < -0.4 is 0 Å². The first kappa shape index (κ1) is 23.9. The van der Waals surface area contributed by atoms with Gasteiger partial charge >= 0.3 is 5.97 Å². The van der Waals surface area contributed by atoms with Crippen LogP contribution in [0.15, 0.2) is 68.7 Å². The first-order valence-corrected chi connectivity index (χ1v) is 12.0. The molecular weight excluding hydrogens is 483 g/mol. The molecule has 2 aliphatic rings. The van der Waals surface area contributed by atoms with Crippen molar-refractivity contribution in [2.75, 3.05) is 7.11 Å². The van der Waals surface area contributed by atoms with Gasteiger partial charge < -0.3 is 14.4 Å². The van der Waals surface area contributed by atoms with Crippen molar-refractivity contribution in [2.24, 2.45) is 15.2 Å². The number of halogens is 1. The van der Waals surface area contributed by atoms with E-state index in [-0.39, 0.29) is 21.6 Å². The summed E-state index contributed by atoms with van der Waals surface area (Å²) >= 11 is 0.859. The molecule has 3 aromatic rings. The van der Waals surface area contributed by atoms with Crippen LogP contribution in [0.5, 0.6) is 5.88 Å². The molecule has 3 heterocycles. The summed E-state index contributed by atoms with van der Waals surface area (Å²) in [5.74, 6) is -1.94. The van der Waals surface area contributed by atoms with Gasteiger partial charge in [-0.15, -0.1) is 10.2 Å². The molecule has 0 saturated heterocycles. The number of amidine groups is 1. The van der Waals surface area contributed by atoms with Crippen molar-refractivity contribution < 1.29 is 23.8 Å². The molecule has 0 saturated carbocycles. The average molecular weight is 507 g/mol. The van der Waals surface area contributed by atoms with Gasteiger partial charge in [0.2, 0.25) is 11.0 Å². The number of ether oxygens (including phenoxy) is 1. The molecule has 8 nitrogen and oxygen atoms in total. The number of aromatic nitrogens is 1. The van der Waals surface area contributed by atoms with E-state index in [9.17, 15) is 19.1 Å². The molecule has 1 N–H and O–H groups in total. The van der Waals surface area contributed by atoms with Crippen LogP contribution in [0.2, 0.25) is 0 Å². The maximum absolute atomic E-state index is 15.0. The standard InChI is InChI=1S/C26H23FN4O4S/c1-25(2)13-26(3,14-8-6-5-7-9-14)17-11-15(27)10-16-20(23(34)31(25)21(16)17)29-30-24-28-22(33)18(36-24)12-19(32)35-4/h5-12,34H,13H2,1-4H3. The molecule has 2 aromatic carbocycles. The van der Waals surface area contributed by atoms with Crippen molar-refractivity contribution in [1.82, 2.24) is 4.57 Å². The van der Waals surface area contributed by atoms with Crippen molar-refractivity contribution >= 4 is 45.4 Å². The van der Waals surface area contributed by atoms with Gasteiger partial charge in [-0.2, -0.15) is 4.99 Å². The number of carbonyl (C=O) groups is 2. The highest BCUT2D eigenvalue weighted by Crippen LogP contribution is 2.55. The van der Waals surface area contributed by atoms with Gasteiger partial charge in [0.05, 0.1) is 17.5 Å². The van der Waals surface area contributed by atoms with Crippen molar-refractivity contribution in [3.63, 3.8) is 0 Å². The molecule has 2 aliphatic heterocycles. The molecule has 0 fully saturated rings. The van der Waals surface area contributed by atoms with Crippen LogP contribution in [0.1, 0.15) is 38.3 Å². The van der Waals surface area contributed by atoms with Gasteiger partial charge in [-0.3, -0.25) is 4.79 Å². The average Bonchev–Trinajstić information content (AvgIpc) is 3.32. The number of hydrogen-bond donors (Lipinski definition) is 1. The number of benzene rings is 2. The lowest BCUT2D eigenvalue weighted by molar-refractivity contribution is -0.135. The molecule has 0 spiro atoms. The van der Waals surface area contributed by atoms with E-state index in [2.05, 4.69) is 26.9 Å². The minimum Gasteiger partial charge on any atom is -0.493 e. The molecule has 1 aromatic heterocycles. The molecule has 184 valence electrons. The molecular formula is C26H23FN4O4S. The summed E-state index contributed by atoms with van der Waals surface area (Å²) in [7, 11) is 1.20. The fourth-order valence-corrected chi connectivity index (χ4v) is 5.96. The molecule has 1 atom stereocenters. The van der Waals surface area contributed by atoms with Gasteiger partial charge in [-0.05, 0) is 55.3 Å². The third kappa shape index (κ3) is 3.72. The minimum atomic E-state index is -0.690. The molecule has 1 unspecified atom stereocenters. The highest BCUT2D eigenvalue weighted by Gasteiger charge is 2.45. The number of thioether (sulfide) groups is 1. The van der Waals surface area contributed by atoms with Crippen molar-refractivity contribution in [3.05, 3.63) is 70.4 Å². The van der Waals surface area contributed by atoms with E-state index in [1.807, 2.05) is 44.2 Å². The van der Waals surface area contributed by atoms with E-state index in [4.69, 9.17) is 0 Å². The lowest BCUT2D eigenvalue weighted by Crippen LogP contribution is -2.41. The summed E-state index contributed by atoms with van der Waals surface area (Å²) in [6, 6.07) is 12.7. The Labute approximate surface area is 210 Å². The predicted molar refractivity (Wildman–Crippen MR) is 135 cm³/mol. The van der Waals surface area contributed by atoms with Crippen LogP contribution in [-0.4, -0.2) is 33.8 Å². The fraction of sp³-hybridized carbons (Fsp3) is 0.269. The lowest BCUT2D eigenvalue weighted by Gasteiger charge is -2.45. The van der Waals surface area contributed by atoms with Crippen molar-refractivity contribution in [1.29, 1.82) is 0 Å². The van der Waals surface area contributed by atoms with E-state index in [0.717, 1.165) is 29.0 Å². The Morgan fingerprint density at radius 3 is 2.64 bits per heavy atom. The zero-order valence-electron chi connectivity index (χ0n) is 20.1. The molecule has 36 heavy (non-hydrogen) atoms. The molecule has 10 heteroatoms. The van der Waals surface area contributed by atoms with E-state index in [0.29, 0.717) is 17.3 Å². The Morgan fingerprint density at radius 1 is 1.22 bits per heavy atom. The summed E-state index contributed by atoms with van der Waals surface area (Å²) in [6.45, 7) is 6.11. The van der Waals surface area contributed by atoms with Crippen LogP contribution in [0, 0.1) is 5.82 Å². The first-order valence-electron chi connectivity index (χ1n) is 11.2. The number of nitrogens with zero attached hydrogens (tertiary/aromatic N) is 4. The molecule has 5 rings (SSSR count). The van der Waals surface area contributed by atoms with E-state index in [1.54, 1.807) is 4.57 Å². The van der Waals surface area contributed by atoms with Gasteiger partial charge in [0, 0.05) is 22.4 Å². The third-order valence-corrected chi connectivity index (χ3v) is 7.54. The molecule has 1 amide bonds. The fourth-order valence-electron chi connectivity index (χ4n) is 5.26. The van der Waals surface area contributed by atoms with E-state index < -0.39 is 28.6 Å². The Bertz CT molecular complexity index is 1520. The summed E-state index contributed by atoms with van der Waals surface area (Å²) in [5.41, 5.74) is 1.47. The SMILES string of the molecule is COC(=O)C=C1SC(N=Nc2c(O)n3c4c(cc(F)cc24)C(C)(c2ccccc2)CC3(C)C)=NC1=O. The maximum Gasteiger partial charge on any atom is 0.331 e. The summed E-state index contributed by atoms with van der Waals surface area (Å²) < 4.78 is 21.3.